The summed E-state index contributed by atoms with van der Waals surface area (Å²) in [6.07, 6.45) is 3.17. The van der Waals surface area contributed by atoms with Crippen LogP contribution in [0.15, 0.2) is 42.5 Å². The van der Waals surface area contributed by atoms with Crippen molar-refractivity contribution in [1.82, 2.24) is 19.6 Å². The summed E-state index contributed by atoms with van der Waals surface area (Å²) in [5.41, 5.74) is 3.03. The van der Waals surface area contributed by atoms with Crippen molar-refractivity contribution in [3.05, 3.63) is 59.3 Å². The van der Waals surface area contributed by atoms with Gasteiger partial charge in [0.2, 0.25) is 0 Å². The first kappa shape index (κ1) is 35.3. The smallest absolute Gasteiger partial charge is 0.543 e. The molecule has 1 aliphatic rings. The minimum Gasteiger partial charge on any atom is -0.543 e. The zero-order valence-corrected chi connectivity index (χ0v) is 29.8. The molecule has 1 saturated carbocycles. The molecule has 9 nitrogen and oxygen atoms in total. The van der Waals surface area contributed by atoms with Gasteiger partial charge in [0.1, 0.15) is 17.2 Å². The Morgan fingerprint density at radius 1 is 1.07 bits per heavy atom. The van der Waals surface area contributed by atoms with Crippen molar-refractivity contribution >= 4 is 11.9 Å². The molecule has 4 rings (SSSR count). The molecule has 0 spiro atoms. The second-order valence-corrected chi connectivity index (χ2v) is 11.2. The second-order valence-electron chi connectivity index (χ2n) is 11.2. The monoisotopic (exact) mass is 614 g/mol. The summed E-state index contributed by atoms with van der Waals surface area (Å²) < 4.78 is 13.5. The predicted molar refractivity (Wildman–Crippen MR) is 162 cm³/mol. The number of aromatic nitrogens is 2. The molecule has 0 aliphatic heterocycles. The normalized spacial score (nSPS) is 12.7. The summed E-state index contributed by atoms with van der Waals surface area (Å²) in [7, 11) is 3.40. The van der Waals surface area contributed by atoms with Crippen LogP contribution in [0.3, 0.4) is 0 Å². The molecule has 0 saturated heterocycles. The van der Waals surface area contributed by atoms with Crippen molar-refractivity contribution in [2.24, 2.45) is 5.92 Å². The van der Waals surface area contributed by atoms with Crippen molar-refractivity contribution < 1.29 is 75.6 Å². The Labute approximate surface area is 298 Å². The minimum absolute atomic E-state index is 0. The number of carbonyl (C=O) groups is 2. The van der Waals surface area contributed by atoms with Gasteiger partial charge >= 0.3 is 51.4 Å². The Morgan fingerprint density at radius 2 is 1.77 bits per heavy atom. The second kappa shape index (κ2) is 16.2. The van der Waals surface area contributed by atoms with Crippen LogP contribution in [-0.2, 0) is 0 Å². The number of carbonyl (C=O) groups excluding carboxylic acids is 2. The van der Waals surface area contributed by atoms with Crippen molar-refractivity contribution in [2.45, 2.75) is 52.9 Å². The van der Waals surface area contributed by atoms with E-state index in [1.54, 1.807) is 22.8 Å². The average molecular weight is 615 g/mol. The number of carboxylic acid groups (broad SMARTS) is 1. The first-order valence-electron chi connectivity index (χ1n) is 14.9. The van der Waals surface area contributed by atoms with Gasteiger partial charge in [-0.1, -0.05) is 33.8 Å². The fourth-order valence-electron chi connectivity index (χ4n) is 5.12. The van der Waals surface area contributed by atoms with Crippen LogP contribution in [0.1, 0.15) is 79.3 Å². The van der Waals surface area contributed by atoms with Gasteiger partial charge in [0.25, 0.3) is 5.91 Å². The average Bonchev–Trinajstić information content (AvgIpc) is 3.72. The van der Waals surface area contributed by atoms with Gasteiger partial charge in [-0.05, 0) is 92.7 Å². The molecule has 1 aliphatic carbocycles. The Bertz CT molecular complexity index is 1400. The Hall–Kier alpha value is -2.21. The molecule has 0 bridgehead atoms. The summed E-state index contributed by atoms with van der Waals surface area (Å²) in [5, 5.41) is 16.4. The predicted octanol–water partition coefficient (Wildman–Crippen LogP) is 1.63. The summed E-state index contributed by atoms with van der Waals surface area (Å²) in [5.74, 6) is 0.248. The minimum atomic E-state index is -1.38. The van der Waals surface area contributed by atoms with Crippen LogP contribution < -0.4 is 66.0 Å². The number of aromatic carboxylic acids is 1. The maximum absolute atomic E-state index is 13.4. The Morgan fingerprint density at radius 3 is 2.37 bits per heavy atom. The zero-order valence-electron chi connectivity index (χ0n) is 26.7. The maximum Gasteiger partial charge on any atom is 1.00 e. The van der Waals surface area contributed by atoms with Crippen molar-refractivity contribution in [2.75, 3.05) is 46.9 Å². The fourth-order valence-corrected chi connectivity index (χ4v) is 5.12. The molecule has 10 heteroatoms. The van der Waals surface area contributed by atoms with E-state index in [9.17, 15) is 14.7 Å². The Balaban J connectivity index is 0.00000506. The maximum atomic E-state index is 13.4. The van der Waals surface area contributed by atoms with Crippen LogP contribution in [0.4, 0.5) is 0 Å². The third-order valence-electron chi connectivity index (χ3n) is 7.89. The number of benzene rings is 2. The number of nitrogens with zero attached hydrogens (tertiary/aromatic N) is 4. The van der Waals surface area contributed by atoms with E-state index < -0.39 is 5.97 Å². The number of ether oxygens (including phenoxy) is 2. The topological polar surface area (TPSA) is 100.0 Å². The SMILES string of the molecule is CCN(CC)CCCN(C)C(=O)c1ccc(-n2nc(C(=O)[O-])cc2-c2c(OC)cccc2OCC2CC2)c(C(C)C)c1.[K+]. The van der Waals surface area contributed by atoms with Crippen LogP contribution in [0, 0.1) is 5.92 Å². The summed E-state index contributed by atoms with van der Waals surface area (Å²) in [4.78, 5) is 29.5. The van der Waals surface area contributed by atoms with Crippen molar-refractivity contribution in [3.63, 3.8) is 0 Å². The number of amides is 1. The van der Waals surface area contributed by atoms with Gasteiger partial charge in [-0.3, -0.25) is 4.79 Å². The molecule has 3 aromatic rings. The van der Waals surface area contributed by atoms with E-state index in [2.05, 4.69) is 23.8 Å². The molecule has 0 atom stereocenters. The van der Waals surface area contributed by atoms with E-state index in [0.717, 1.165) is 44.5 Å². The summed E-state index contributed by atoms with van der Waals surface area (Å²) in [6, 6.07) is 12.5. The number of hydrogen-bond acceptors (Lipinski definition) is 7. The molecule has 1 amide bonds. The quantitative estimate of drug-likeness (QED) is 0.240. The fraction of sp³-hybridized carbons (Fsp3) is 0.485. The van der Waals surface area contributed by atoms with Gasteiger partial charge in [-0.15, -0.1) is 0 Å². The summed E-state index contributed by atoms with van der Waals surface area (Å²) in [6.45, 7) is 12.5. The number of rotatable bonds is 15. The number of hydrogen-bond donors (Lipinski definition) is 0. The Kier molecular flexibility index (Phi) is 13.3. The van der Waals surface area contributed by atoms with Crippen LogP contribution in [-0.4, -0.2) is 78.4 Å². The van der Waals surface area contributed by atoms with E-state index in [1.165, 1.54) is 6.07 Å². The van der Waals surface area contributed by atoms with Crippen molar-refractivity contribution in [1.29, 1.82) is 0 Å². The van der Waals surface area contributed by atoms with Gasteiger partial charge < -0.3 is 29.2 Å². The van der Waals surface area contributed by atoms with Gasteiger partial charge in [-0.25, -0.2) is 4.68 Å². The molecular formula is C33H43KN4O5. The molecule has 226 valence electrons. The van der Waals surface area contributed by atoms with E-state index >= 15 is 0 Å². The third-order valence-corrected chi connectivity index (χ3v) is 7.89. The van der Waals surface area contributed by atoms with Gasteiger partial charge in [0.15, 0.2) is 0 Å². The first-order valence-corrected chi connectivity index (χ1v) is 14.9. The molecule has 0 unspecified atom stereocenters. The van der Waals surface area contributed by atoms with Crippen LogP contribution >= 0.6 is 0 Å². The van der Waals surface area contributed by atoms with E-state index in [4.69, 9.17) is 9.47 Å². The van der Waals surface area contributed by atoms with Crippen molar-refractivity contribution in [3.8, 4) is 28.4 Å². The van der Waals surface area contributed by atoms with Crippen LogP contribution in [0.5, 0.6) is 11.5 Å². The molecule has 0 N–H and O–H groups in total. The van der Waals surface area contributed by atoms with E-state index in [1.807, 2.05) is 51.2 Å². The standard InChI is InChI=1S/C33H44N4O5.K/c1-7-36(8-2)18-10-17-35(5)32(38)24-15-16-27(25(19-24)22(3)4)37-28(20-26(34-37)33(39)40)31-29(41-6)11-9-12-30(31)42-21-23-13-14-23;/h9,11-12,15-16,19-20,22-23H,7-8,10,13-14,17-18,21H2,1-6H3,(H,39,40);/q;+1/p-1. The number of carboxylic acids is 1. The van der Waals surface area contributed by atoms with Crippen LogP contribution in [0.25, 0.3) is 16.9 Å². The summed E-state index contributed by atoms with van der Waals surface area (Å²) >= 11 is 0. The third kappa shape index (κ3) is 8.70. The van der Waals surface area contributed by atoms with Gasteiger partial charge in [-0.2, -0.15) is 5.10 Å². The molecule has 1 heterocycles. The zero-order chi connectivity index (χ0) is 30.4. The molecule has 2 aromatic carbocycles. The van der Waals surface area contributed by atoms with E-state index in [0.29, 0.717) is 53.1 Å². The molecule has 0 radical (unpaired) electrons. The molecule has 43 heavy (non-hydrogen) atoms. The number of methoxy groups -OCH3 is 1. The molecule has 1 fully saturated rings. The largest absolute Gasteiger partial charge is 1.00 e. The molecule has 1 aromatic heterocycles. The van der Waals surface area contributed by atoms with Gasteiger partial charge in [0.05, 0.1) is 36.6 Å². The van der Waals surface area contributed by atoms with Gasteiger partial charge in [0, 0.05) is 19.2 Å². The van der Waals surface area contributed by atoms with Crippen LogP contribution in [0.2, 0.25) is 0 Å². The molecular weight excluding hydrogens is 571 g/mol. The first-order chi connectivity index (χ1) is 20.2. The van der Waals surface area contributed by atoms with E-state index in [-0.39, 0.29) is 68.9 Å².